The topological polar surface area (TPSA) is 0 Å². The zero-order chi connectivity index (χ0) is 97.4. The minimum absolute atomic E-state index is 0.114. The van der Waals surface area contributed by atoms with E-state index in [-0.39, 0.29) is 86.9 Å². The maximum absolute atomic E-state index is 2.33. The largest absolute Gasteiger partial charge is 0.166 e. The molecular weight excluding hydrogens is 1790 g/mol. The van der Waals surface area contributed by atoms with E-state index in [9.17, 15) is 0 Å². The van der Waals surface area contributed by atoms with Gasteiger partial charge >= 0.3 is 0 Å². The fourth-order valence-electron chi connectivity index (χ4n) is 15.4. The molecule has 16 rings (SSSR count). The third kappa shape index (κ3) is 29.2. The van der Waals surface area contributed by atoms with E-state index in [1.165, 1.54) is 142 Å². The first-order chi connectivity index (χ1) is 64.4. The summed E-state index contributed by atoms with van der Waals surface area (Å²) < 4.78 is 0. The Hall–Kier alpha value is -9.68. The molecule has 0 saturated heterocycles. The second-order valence-electron chi connectivity index (χ2n) is 43.0. The Morgan fingerprint density at radius 2 is 0.206 bits per heavy atom. The van der Waals surface area contributed by atoms with Crippen LogP contribution in [0, 0.1) is 0 Å². The summed E-state index contributed by atoms with van der Waals surface area (Å²) in [5.74, 6) is 0. The van der Waals surface area contributed by atoms with E-state index in [1.54, 1.807) is 0 Å². The van der Waals surface area contributed by atoms with Gasteiger partial charge in [-0.15, -0.1) is 0 Å². The van der Waals surface area contributed by atoms with Crippen molar-refractivity contribution in [2.45, 2.75) is 307 Å². The van der Waals surface area contributed by atoms with Gasteiger partial charge in [0.15, 0.2) is 58.7 Å². The Balaban J connectivity index is 0.000000154. The van der Waals surface area contributed by atoms with Crippen LogP contribution >= 0.6 is 47.0 Å². The van der Waals surface area contributed by atoms with Gasteiger partial charge in [0.2, 0.25) is 0 Å². The standard InChI is InChI=1S/C36H43S2.2C32H35S2.C28H27S2/c1-34(2,3)26-10-16-29(17-11-26)37-30-18-24-33(25-19-30)38(31-20-12-27(13-21-31)35(4,5)6)32-22-14-28(15-23-32)36(7,8)9;1-31(2,3)24-12-18-28(19-13-24)34(29-20-14-25(15-21-29)32(4,5)6)30-22-16-27(17-23-30)33-26-10-8-7-9-11-26;1-31(2,3)24-12-16-26(17-13-24)33-27-18-22-30(23-19-27)34(28-10-8-7-9-11-28)29-20-14-25(15-21-29)32(4,5)6;1-28(2,3)22-14-18-26(19-15-22)30(25-12-8-5-9-13-25)27-20-16-24(17-21-27)29-23-10-6-4-7-11-23/h10-25H,1-9H3;2*7-23H,1-6H3;4-21H,1-3H3/q4*+1. The minimum Gasteiger partial charge on any atom is -0.0901 e. The molecule has 2 unspecified atom stereocenters. The van der Waals surface area contributed by atoms with Crippen molar-refractivity contribution in [2.24, 2.45) is 0 Å². The summed E-state index contributed by atoms with van der Waals surface area (Å²) in [4.78, 5) is 26.4. The first-order valence-corrected chi connectivity index (χ1v) is 55.7. The second-order valence-corrected chi connectivity index (χ2v) is 55.7. The highest BCUT2D eigenvalue weighted by molar-refractivity contribution is 8.00. The number of hydrogen-bond acceptors (Lipinski definition) is 4. The fourth-order valence-corrected chi connectivity index (χ4v) is 26.9. The van der Waals surface area contributed by atoms with Crippen LogP contribution in [0.5, 0.6) is 0 Å². The number of hydrogen-bond donors (Lipinski definition) is 0. The number of rotatable bonds is 20. The third-order valence-corrected chi connectivity index (χ3v) is 36.8. The van der Waals surface area contributed by atoms with Crippen LogP contribution in [0.2, 0.25) is 0 Å². The molecule has 0 radical (unpaired) electrons. The molecule has 0 nitrogen and oxygen atoms in total. The molecule has 0 N–H and O–H groups in total. The summed E-state index contributed by atoms with van der Waals surface area (Å²) in [6.45, 7) is 54.5. The molecule has 696 valence electrons. The Morgan fingerprint density at radius 1 is 0.110 bits per heavy atom. The fraction of sp³-hybridized carbons (Fsp3) is 0.250. The Bertz CT molecular complexity index is 6250. The SMILES string of the molecule is CC(C)(C)c1ccc(Sc2ccc([S+](c3ccc(C(C)(C)C)cc3)c3ccc(C(C)(C)C)cc3)cc2)cc1.CC(C)(C)c1ccc(Sc2ccc([S+](c3ccccc3)c3ccc(C(C)(C)C)cc3)cc2)cc1.CC(C)(C)c1ccc([S+](c2ccc(Sc3ccccc3)cc2)c2ccc(C(C)(C)C)cc2)cc1.CC(C)(C)c1ccc([S+](c2ccccc2)c2ccc(Sc3ccccc3)cc2)cc1. The van der Waals surface area contributed by atoms with Crippen molar-refractivity contribution in [1.82, 2.24) is 0 Å². The molecule has 0 aliphatic rings. The molecule has 8 heteroatoms. The quantitative estimate of drug-likeness (QED) is 0.0697. The van der Waals surface area contributed by atoms with Crippen LogP contribution in [0.4, 0.5) is 0 Å². The van der Waals surface area contributed by atoms with Crippen LogP contribution in [0.3, 0.4) is 0 Å². The van der Waals surface area contributed by atoms with Gasteiger partial charge < -0.3 is 0 Å². The molecule has 0 fully saturated rings. The van der Waals surface area contributed by atoms with E-state index in [2.05, 4.69) is 579 Å². The molecule has 16 aromatic carbocycles. The molecule has 0 saturated carbocycles. The van der Waals surface area contributed by atoms with Gasteiger partial charge in [-0.1, -0.05) is 383 Å². The third-order valence-electron chi connectivity index (χ3n) is 23.8. The Kier molecular flexibility index (Phi) is 34.7. The molecule has 16 aromatic rings. The highest BCUT2D eigenvalue weighted by Crippen LogP contribution is 2.44. The molecule has 0 aliphatic heterocycles. The van der Waals surface area contributed by atoms with Gasteiger partial charge in [-0.05, 0) is 330 Å². The van der Waals surface area contributed by atoms with Gasteiger partial charge in [-0.2, -0.15) is 0 Å². The van der Waals surface area contributed by atoms with Gasteiger partial charge in [0.25, 0.3) is 0 Å². The highest BCUT2D eigenvalue weighted by Gasteiger charge is 2.36. The first-order valence-electron chi connectivity index (χ1n) is 47.6. The van der Waals surface area contributed by atoms with Crippen LogP contribution in [-0.2, 0) is 86.9 Å². The average Bonchev–Trinajstić information content (AvgIpc) is 0.585. The lowest BCUT2D eigenvalue weighted by Gasteiger charge is -2.20. The van der Waals surface area contributed by atoms with Crippen molar-refractivity contribution in [2.75, 3.05) is 0 Å². The van der Waals surface area contributed by atoms with E-state index >= 15 is 0 Å². The van der Waals surface area contributed by atoms with Crippen LogP contribution in [0.15, 0.2) is 510 Å². The van der Waals surface area contributed by atoms with Crippen LogP contribution in [-0.4, -0.2) is 0 Å². The van der Waals surface area contributed by atoms with Crippen molar-refractivity contribution in [3.63, 3.8) is 0 Å². The molecule has 0 aromatic heterocycles. The first kappa shape index (κ1) is 104. The molecule has 0 amide bonds. The van der Waals surface area contributed by atoms with Gasteiger partial charge in [0.05, 0.1) is 43.6 Å². The summed E-state index contributed by atoms with van der Waals surface area (Å²) >= 11 is 7.28. The van der Waals surface area contributed by atoms with Gasteiger partial charge in [-0.25, -0.2) is 0 Å². The zero-order valence-electron chi connectivity index (χ0n) is 84.5. The summed E-state index contributed by atoms with van der Waals surface area (Å²) in [6.07, 6.45) is 0. The van der Waals surface area contributed by atoms with Crippen molar-refractivity contribution in [1.29, 1.82) is 0 Å². The van der Waals surface area contributed by atoms with E-state index in [0.717, 1.165) is 0 Å². The molecule has 0 bridgehead atoms. The maximum Gasteiger partial charge on any atom is 0.166 e. The predicted molar refractivity (Wildman–Crippen MR) is 598 cm³/mol. The smallest absolute Gasteiger partial charge is 0.0901 e. The Labute approximate surface area is 847 Å². The summed E-state index contributed by atoms with van der Waals surface area (Å²) in [6, 6.07) is 153. The van der Waals surface area contributed by atoms with Gasteiger partial charge in [0, 0.05) is 39.2 Å². The van der Waals surface area contributed by atoms with Crippen molar-refractivity contribution in [3.05, 3.63) is 457 Å². The van der Waals surface area contributed by atoms with Crippen LogP contribution < -0.4 is 0 Å². The molecule has 2 atom stereocenters. The van der Waals surface area contributed by atoms with Crippen molar-refractivity contribution >= 4 is 90.6 Å². The maximum atomic E-state index is 2.33. The molecule has 0 heterocycles. The van der Waals surface area contributed by atoms with Gasteiger partial charge in [0.1, 0.15) is 0 Å². The lowest BCUT2D eigenvalue weighted by Crippen LogP contribution is -2.13. The summed E-state index contributed by atoms with van der Waals surface area (Å²) in [5.41, 5.74) is 12.3. The van der Waals surface area contributed by atoms with Crippen LogP contribution in [0.25, 0.3) is 0 Å². The molecule has 136 heavy (non-hydrogen) atoms. The van der Waals surface area contributed by atoms with Crippen molar-refractivity contribution < 1.29 is 0 Å². The van der Waals surface area contributed by atoms with Crippen LogP contribution in [0.1, 0.15) is 211 Å². The van der Waals surface area contributed by atoms with Crippen molar-refractivity contribution in [3.8, 4) is 0 Å². The highest BCUT2D eigenvalue weighted by atomic mass is 32.2. The molecule has 0 aliphatic carbocycles. The monoisotopic (exact) mass is 1930 g/mol. The molecular formula is C128H140S8+4. The second kappa shape index (κ2) is 45.5. The Morgan fingerprint density at radius 3 is 0.338 bits per heavy atom. The van der Waals surface area contributed by atoms with E-state index < -0.39 is 0 Å². The summed E-state index contributed by atoms with van der Waals surface area (Å²) in [5, 5.41) is 0. The average molecular weight is 1940 g/mol. The van der Waals surface area contributed by atoms with Gasteiger partial charge in [-0.3, -0.25) is 0 Å². The minimum atomic E-state index is -0.162. The number of benzene rings is 16. The predicted octanol–water partition coefficient (Wildman–Crippen LogP) is 38.1. The normalized spacial score (nSPS) is 12.6. The lowest BCUT2D eigenvalue weighted by molar-refractivity contribution is 0.589. The van der Waals surface area contributed by atoms with E-state index in [4.69, 9.17) is 0 Å². The van der Waals surface area contributed by atoms with E-state index in [1.807, 2.05) is 47.0 Å². The summed E-state index contributed by atoms with van der Waals surface area (Å²) in [7, 11) is -0.551. The molecule has 0 spiro atoms. The lowest BCUT2D eigenvalue weighted by atomic mass is 9.87. The zero-order valence-corrected chi connectivity index (χ0v) is 91.1. The van der Waals surface area contributed by atoms with E-state index in [0.29, 0.717) is 0 Å².